The SMILES string of the molecule is O=C(NCCCc1ccc(Cl)cc1)c1ccc(NS(=O)(=O)c2ccccc2)cc1Cl. The first kappa shape index (κ1) is 22.2. The summed E-state index contributed by atoms with van der Waals surface area (Å²) in [5.74, 6) is -0.312. The summed E-state index contributed by atoms with van der Waals surface area (Å²) >= 11 is 12.1. The van der Waals surface area contributed by atoms with Gasteiger partial charge >= 0.3 is 0 Å². The molecule has 3 aromatic rings. The first-order valence-electron chi connectivity index (χ1n) is 9.25. The van der Waals surface area contributed by atoms with Crippen LogP contribution in [0.4, 0.5) is 5.69 Å². The van der Waals surface area contributed by atoms with Crippen molar-refractivity contribution in [3.05, 3.63) is 94.0 Å². The summed E-state index contributed by atoms with van der Waals surface area (Å²) < 4.78 is 27.3. The van der Waals surface area contributed by atoms with E-state index in [1.165, 1.54) is 30.3 Å². The van der Waals surface area contributed by atoms with Crippen LogP contribution in [0.25, 0.3) is 0 Å². The predicted octanol–water partition coefficient (Wildman–Crippen LogP) is 5.16. The van der Waals surface area contributed by atoms with Gasteiger partial charge < -0.3 is 5.32 Å². The van der Waals surface area contributed by atoms with Gasteiger partial charge in [0.2, 0.25) is 0 Å². The maximum Gasteiger partial charge on any atom is 0.261 e. The van der Waals surface area contributed by atoms with Crippen LogP contribution in [0.5, 0.6) is 0 Å². The second-order valence-electron chi connectivity index (χ2n) is 6.60. The lowest BCUT2D eigenvalue weighted by Gasteiger charge is -2.11. The van der Waals surface area contributed by atoms with Crippen LogP contribution in [0, 0.1) is 0 Å². The quantitative estimate of drug-likeness (QED) is 0.454. The van der Waals surface area contributed by atoms with Gasteiger partial charge in [-0.3, -0.25) is 9.52 Å². The van der Waals surface area contributed by atoms with Crippen LogP contribution in [0.2, 0.25) is 10.0 Å². The number of sulfonamides is 1. The zero-order valence-corrected chi connectivity index (χ0v) is 18.3. The normalized spacial score (nSPS) is 11.1. The average molecular weight is 463 g/mol. The van der Waals surface area contributed by atoms with Gasteiger partial charge in [-0.1, -0.05) is 53.5 Å². The van der Waals surface area contributed by atoms with E-state index in [-0.39, 0.29) is 27.1 Å². The Hall–Kier alpha value is -2.54. The van der Waals surface area contributed by atoms with Crippen molar-refractivity contribution in [2.45, 2.75) is 17.7 Å². The highest BCUT2D eigenvalue weighted by molar-refractivity contribution is 7.92. The molecule has 0 aliphatic carbocycles. The van der Waals surface area contributed by atoms with Crippen LogP contribution in [-0.2, 0) is 16.4 Å². The largest absolute Gasteiger partial charge is 0.352 e. The molecule has 3 rings (SSSR count). The molecule has 0 atom stereocenters. The molecule has 156 valence electrons. The van der Waals surface area contributed by atoms with Crippen molar-refractivity contribution in [3.8, 4) is 0 Å². The third-order valence-electron chi connectivity index (χ3n) is 4.36. The van der Waals surface area contributed by atoms with Crippen LogP contribution in [0.1, 0.15) is 22.3 Å². The number of aryl methyl sites for hydroxylation is 1. The molecule has 0 radical (unpaired) electrons. The molecule has 0 unspecified atom stereocenters. The highest BCUT2D eigenvalue weighted by atomic mass is 35.5. The van der Waals surface area contributed by atoms with Crippen LogP contribution < -0.4 is 10.0 Å². The summed E-state index contributed by atoms with van der Waals surface area (Å²) in [5.41, 5.74) is 1.70. The lowest BCUT2D eigenvalue weighted by molar-refractivity contribution is 0.0953. The van der Waals surface area contributed by atoms with Gasteiger partial charge in [-0.05, 0) is 60.9 Å². The monoisotopic (exact) mass is 462 g/mol. The minimum absolute atomic E-state index is 0.142. The Bertz CT molecular complexity index is 1120. The maximum absolute atomic E-state index is 12.4. The Morgan fingerprint density at radius 1 is 0.900 bits per heavy atom. The molecule has 1 amide bonds. The van der Waals surface area contributed by atoms with Gasteiger partial charge in [0.15, 0.2) is 0 Å². The van der Waals surface area contributed by atoms with E-state index in [1.807, 2.05) is 24.3 Å². The topological polar surface area (TPSA) is 75.3 Å². The van der Waals surface area contributed by atoms with Crippen LogP contribution in [0.15, 0.2) is 77.7 Å². The van der Waals surface area contributed by atoms with Crippen molar-refractivity contribution in [2.75, 3.05) is 11.3 Å². The molecule has 0 aliphatic heterocycles. The van der Waals surface area contributed by atoms with Crippen LogP contribution in [0.3, 0.4) is 0 Å². The zero-order valence-electron chi connectivity index (χ0n) is 15.9. The van der Waals surface area contributed by atoms with E-state index < -0.39 is 10.0 Å². The second kappa shape index (κ2) is 9.98. The number of carbonyl (C=O) groups excluding carboxylic acids is 1. The summed E-state index contributed by atoms with van der Waals surface area (Å²) in [6, 6.07) is 20.0. The molecule has 8 heteroatoms. The minimum atomic E-state index is -3.73. The number of rotatable bonds is 8. The highest BCUT2D eigenvalue weighted by Gasteiger charge is 2.16. The van der Waals surface area contributed by atoms with Gasteiger partial charge in [0.25, 0.3) is 15.9 Å². The van der Waals surface area contributed by atoms with Crippen LogP contribution >= 0.6 is 23.2 Å². The lowest BCUT2D eigenvalue weighted by atomic mass is 10.1. The van der Waals surface area contributed by atoms with Crippen molar-refractivity contribution < 1.29 is 13.2 Å². The van der Waals surface area contributed by atoms with Gasteiger partial charge in [0.1, 0.15) is 0 Å². The Morgan fingerprint density at radius 2 is 1.60 bits per heavy atom. The van der Waals surface area contributed by atoms with E-state index in [0.717, 1.165) is 18.4 Å². The highest BCUT2D eigenvalue weighted by Crippen LogP contribution is 2.23. The van der Waals surface area contributed by atoms with E-state index in [0.29, 0.717) is 11.6 Å². The molecule has 0 saturated heterocycles. The summed E-state index contributed by atoms with van der Waals surface area (Å²) in [4.78, 5) is 12.5. The van der Waals surface area contributed by atoms with Gasteiger partial charge in [-0.2, -0.15) is 0 Å². The van der Waals surface area contributed by atoms with E-state index >= 15 is 0 Å². The molecule has 0 fully saturated rings. The molecule has 0 aliphatic rings. The summed E-state index contributed by atoms with van der Waals surface area (Å²) in [7, 11) is -3.73. The summed E-state index contributed by atoms with van der Waals surface area (Å²) in [6.07, 6.45) is 1.57. The third kappa shape index (κ3) is 5.98. The van der Waals surface area contributed by atoms with E-state index in [1.54, 1.807) is 18.2 Å². The molecule has 30 heavy (non-hydrogen) atoms. The molecule has 0 aromatic heterocycles. The number of hydrogen-bond donors (Lipinski definition) is 2. The zero-order chi connectivity index (χ0) is 21.6. The summed E-state index contributed by atoms with van der Waals surface area (Å²) in [6.45, 7) is 0.486. The van der Waals surface area contributed by atoms with E-state index in [4.69, 9.17) is 23.2 Å². The fourth-order valence-electron chi connectivity index (χ4n) is 2.82. The molecule has 2 N–H and O–H groups in total. The molecular weight excluding hydrogens is 443 g/mol. The van der Waals surface area contributed by atoms with E-state index in [9.17, 15) is 13.2 Å². The smallest absolute Gasteiger partial charge is 0.261 e. The third-order valence-corrected chi connectivity index (χ3v) is 6.32. The molecule has 0 bridgehead atoms. The number of benzene rings is 3. The molecule has 5 nitrogen and oxygen atoms in total. The van der Waals surface area contributed by atoms with Crippen molar-refractivity contribution in [1.82, 2.24) is 5.32 Å². The van der Waals surface area contributed by atoms with Gasteiger partial charge in [-0.15, -0.1) is 0 Å². The molecule has 0 heterocycles. The fourth-order valence-corrected chi connectivity index (χ4v) is 4.28. The molecule has 0 saturated carbocycles. The van der Waals surface area contributed by atoms with Crippen molar-refractivity contribution in [1.29, 1.82) is 0 Å². The summed E-state index contributed by atoms with van der Waals surface area (Å²) in [5, 5.41) is 3.68. The Morgan fingerprint density at radius 3 is 2.27 bits per heavy atom. The second-order valence-corrected chi connectivity index (χ2v) is 9.13. The van der Waals surface area contributed by atoms with Crippen molar-refractivity contribution >= 4 is 44.8 Å². The number of halogens is 2. The molecule has 3 aromatic carbocycles. The van der Waals surface area contributed by atoms with Crippen LogP contribution in [-0.4, -0.2) is 20.9 Å². The molecule has 0 spiro atoms. The maximum atomic E-state index is 12.4. The number of anilines is 1. The van der Waals surface area contributed by atoms with Crippen molar-refractivity contribution in [2.24, 2.45) is 0 Å². The van der Waals surface area contributed by atoms with Gasteiger partial charge in [-0.25, -0.2) is 8.42 Å². The Kier molecular flexibility index (Phi) is 7.37. The van der Waals surface area contributed by atoms with E-state index in [2.05, 4.69) is 10.0 Å². The minimum Gasteiger partial charge on any atom is -0.352 e. The number of amides is 1. The number of nitrogens with one attached hydrogen (secondary N) is 2. The number of hydrogen-bond acceptors (Lipinski definition) is 3. The van der Waals surface area contributed by atoms with Gasteiger partial charge in [0, 0.05) is 11.6 Å². The van der Waals surface area contributed by atoms with Crippen molar-refractivity contribution in [3.63, 3.8) is 0 Å². The lowest BCUT2D eigenvalue weighted by Crippen LogP contribution is -2.25. The average Bonchev–Trinajstić information content (AvgIpc) is 2.73. The first-order valence-corrected chi connectivity index (χ1v) is 11.5. The Balaban J connectivity index is 1.56. The number of carbonyl (C=O) groups is 1. The fraction of sp³-hybridized carbons (Fsp3) is 0.136. The Labute approximate surface area is 186 Å². The van der Waals surface area contributed by atoms with Gasteiger partial charge in [0.05, 0.1) is 21.2 Å². The first-order chi connectivity index (χ1) is 14.3. The molecular formula is C22H20Cl2N2O3S. The standard InChI is InChI=1S/C22H20Cl2N2O3S/c23-17-10-8-16(9-11-17)5-4-14-25-22(27)20-13-12-18(15-21(20)24)26-30(28,29)19-6-2-1-3-7-19/h1-3,6-13,15,26H,4-5,14H2,(H,25,27). The predicted molar refractivity (Wildman–Crippen MR) is 121 cm³/mol.